The highest BCUT2D eigenvalue weighted by atomic mass is 35.5. The molecule has 2 aromatic carbocycles. The third kappa shape index (κ3) is 4.22. The molecule has 1 amide bonds. The molecule has 0 saturated heterocycles. The molecule has 0 saturated carbocycles. The Balaban J connectivity index is 1.52. The summed E-state index contributed by atoms with van der Waals surface area (Å²) in [6.45, 7) is 1.44. The number of para-hydroxylation sites is 2. The molecule has 25 heavy (non-hydrogen) atoms. The average molecular weight is 362 g/mol. The Labute approximate surface area is 149 Å². The van der Waals surface area contributed by atoms with E-state index in [9.17, 15) is 9.59 Å². The quantitative estimate of drug-likeness (QED) is 0.847. The van der Waals surface area contributed by atoms with Crippen LogP contribution < -0.4 is 14.8 Å². The number of benzene rings is 2. The van der Waals surface area contributed by atoms with E-state index >= 15 is 0 Å². The molecule has 6 nitrogen and oxygen atoms in total. The van der Waals surface area contributed by atoms with Crippen LogP contribution in [0.1, 0.15) is 5.56 Å². The second-order valence-electron chi connectivity index (χ2n) is 5.48. The number of nitrogens with one attached hydrogen (secondary N) is 1. The van der Waals surface area contributed by atoms with Gasteiger partial charge in [-0.3, -0.25) is 4.79 Å². The Hall–Kier alpha value is -2.73. The van der Waals surface area contributed by atoms with Gasteiger partial charge in [0.05, 0.1) is 0 Å². The minimum atomic E-state index is -0.907. The summed E-state index contributed by atoms with van der Waals surface area (Å²) in [4.78, 5) is 24.0. The van der Waals surface area contributed by atoms with Crippen molar-refractivity contribution in [3.05, 3.63) is 53.1 Å². The molecule has 1 N–H and O–H groups in total. The second kappa shape index (κ2) is 7.44. The number of ether oxygens (including phenoxy) is 3. The number of carbonyl (C=O) groups is 2. The molecule has 0 bridgehead atoms. The monoisotopic (exact) mass is 361 g/mol. The van der Waals surface area contributed by atoms with Crippen LogP contribution in [0.3, 0.4) is 0 Å². The summed E-state index contributed by atoms with van der Waals surface area (Å²) in [5.74, 6) is -0.0845. The Bertz CT molecular complexity index is 808. The highest BCUT2D eigenvalue weighted by Gasteiger charge is 2.29. The van der Waals surface area contributed by atoms with E-state index in [1.54, 1.807) is 36.4 Å². The second-order valence-corrected chi connectivity index (χ2v) is 5.92. The SMILES string of the molecule is Cc1ccc(Cl)cc1NC(=O)COC(=O)[C@H]1COc2ccccc2O1. The van der Waals surface area contributed by atoms with Gasteiger partial charge >= 0.3 is 5.97 Å². The minimum absolute atomic E-state index is 0.0326. The summed E-state index contributed by atoms with van der Waals surface area (Å²) in [5.41, 5.74) is 1.42. The number of halogens is 1. The molecular formula is C18H16ClNO5. The van der Waals surface area contributed by atoms with Crippen LogP contribution in [0.25, 0.3) is 0 Å². The normalized spacial score (nSPS) is 15.4. The molecule has 0 aliphatic carbocycles. The molecule has 1 aliphatic heterocycles. The summed E-state index contributed by atoms with van der Waals surface area (Å²) in [5, 5.41) is 3.16. The van der Waals surface area contributed by atoms with Gasteiger partial charge in [-0.25, -0.2) is 4.79 Å². The van der Waals surface area contributed by atoms with Gasteiger partial charge in [0.15, 0.2) is 18.1 Å². The fourth-order valence-electron chi connectivity index (χ4n) is 2.28. The zero-order valence-electron chi connectivity index (χ0n) is 13.5. The third-order valence-electron chi connectivity index (χ3n) is 3.59. The number of hydrogen-bond acceptors (Lipinski definition) is 5. The maximum atomic E-state index is 12.1. The van der Waals surface area contributed by atoms with Crippen LogP contribution in [0, 0.1) is 6.92 Å². The zero-order valence-corrected chi connectivity index (χ0v) is 14.2. The summed E-state index contributed by atoms with van der Waals surface area (Å²) in [6, 6.07) is 12.2. The van der Waals surface area contributed by atoms with Crippen molar-refractivity contribution in [1.82, 2.24) is 0 Å². The van der Waals surface area contributed by atoms with Crippen molar-refractivity contribution in [3.8, 4) is 11.5 Å². The Morgan fingerprint density at radius 3 is 2.80 bits per heavy atom. The Kier molecular flexibility index (Phi) is 5.09. The van der Waals surface area contributed by atoms with E-state index in [1.807, 2.05) is 13.0 Å². The lowest BCUT2D eigenvalue weighted by atomic mass is 10.2. The molecule has 1 heterocycles. The standard InChI is InChI=1S/C18H16ClNO5/c1-11-6-7-12(19)8-13(11)20-17(21)10-24-18(22)16-9-23-14-4-2-3-5-15(14)25-16/h2-8,16H,9-10H2,1H3,(H,20,21)/t16-/m1/s1. The topological polar surface area (TPSA) is 73.9 Å². The molecule has 0 radical (unpaired) electrons. The van der Waals surface area contributed by atoms with Crippen molar-refractivity contribution >= 4 is 29.2 Å². The first-order valence-corrected chi connectivity index (χ1v) is 8.02. The maximum Gasteiger partial charge on any atom is 0.351 e. The molecule has 130 valence electrons. The van der Waals surface area contributed by atoms with Gasteiger partial charge in [-0.15, -0.1) is 0 Å². The first-order valence-electron chi connectivity index (χ1n) is 7.64. The number of amides is 1. The van der Waals surface area contributed by atoms with Gasteiger partial charge in [-0.05, 0) is 36.8 Å². The first kappa shape index (κ1) is 17.1. The Morgan fingerprint density at radius 1 is 1.24 bits per heavy atom. The van der Waals surface area contributed by atoms with Gasteiger partial charge in [0.25, 0.3) is 5.91 Å². The molecule has 0 aromatic heterocycles. The van der Waals surface area contributed by atoms with E-state index in [-0.39, 0.29) is 6.61 Å². The lowest BCUT2D eigenvalue weighted by molar-refractivity contribution is -0.156. The zero-order chi connectivity index (χ0) is 17.8. The van der Waals surface area contributed by atoms with E-state index in [0.29, 0.717) is 22.2 Å². The molecule has 0 unspecified atom stereocenters. The molecule has 0 fully saturated rings. The van der Waals surface area contributed by atoms with E-state index in [0.717, 1.165) is 5.56 Å². The molecule has 1 aliphatic rings. The van der Waals surface area contributed by atoms with Crippen molar-refractivity contribution in [2.24, 2.45) is 0 Å². The summed E-state index contributed by atoms with van der Waals surface area (Å²) in [6.07, 6.45) is -0.907. The van der Waals surface area contributed by atoms with Crippen LogP contribution in [0.15, 0.2) is 42.5 Å². The number of anilines is 1. The first-order chi connectivity index (χ1) is 12.0. The maximum absolute atomic E-state index is 12.1. The van der Waals surface area contributed by atoms with Crippen LogP contribution in [-0.4, -0.2) is 31.2 Å². The van der Waals surface area contributed by atoms with E-state index in [1.165, 1.54) is 0 Å². The van der Waals surface area contributed by atoms with Gasteiger partial charge in [-0.2, -0.15) is 0 Å². The molecule has 0 spiro atoms. The number of rotatable bonds is 4. The summed E-state index contributed by atoms with van der Waals surface area (Å²) < 4.78 is 16.0. The lowest BCUT2D eigenvalue weighted by Crippen LogP contribution is -2.39. The number of aryl methyl sites for hydroxylation is 1. The summed E-state index contributed by atoms with van der Waals surface area (Å²) >= 11 is 5.90. The predicted octanol–water partition coefficient (Wildman–Crippen LogP) is 2.97. The van der Waals surface area contributed by atoms with Crippen LogP contribution in [0.4, 0.5) is 5.69 Å². The van der Waals surface area contributed by atoms with E-state index in [4.69, 9.17) is 25.8 Å². The highest BCUT2D eigenvalue weighted by Crippen LogP contribution is 2.31. The van der Waals surface area contributed by atoms with Gasteiger partial charge in [0, 0.05) is 10.7 Å². The van der Waals surface area contributed by atoms with Crippen LogP contribution in [-0.2, 0) is 14.3 Å². The summed E-state index contributed by atoms with van der Waals surface area (Å²) in [7, 11) is 0. The average Bonchev–Trinajstić information content (AvgIpc) is 2.62. The molecule has 2 aromatic rings. The molecule has 7 heteroatoms. The number of hydrogen-bond donors (Lipinski definition) is 1. The Morgan fingerprint density at radius 2 is 2.00 bits per heavy atom. The minimum Gasteiger partial charge on any atom is -0.485 e. The predicted molar refractivity (Wildman–Crippen MR) is 92.1 cm³/mol. The van der Waals surface area contributed by atoms with Gasteiger partial charge < -0.3 is 19.5 Å². The number of carbonyl (C=O) groups excluding carboxylic acids is 2. The van der Waals surface area contributed by atoms with Crippen LogP contribution >= 0.6 is 11.6 Å². The fourth-order valence-corrected chi connectivity index (χ4v) is 2.45. The third-order valence-corrected chi connectivity index (χ3v) is 3.83. The van der Waals surface area contributed by atoms with Crippen LogP contribution in [0.5, 0.6) is 11.5 Å². The number of esters is 1. The van der Waals surface area contributed by atoms with Gasteiger partial charge in [0.2, 0.25) is 6.10 Å². The van der Waals surface area contributed by atoms with Crippen molar-refractivity contribution in [2.45, 2.75) is 13.0 Å². The van der Waals surface area contributed by atoms with E-state index < -0.39 is 24.6 Å². The van der Waals surface area contributed by atoms with Crippen molar-refractivity contribution in [3.63, 3.8) is 0 Å². The van der Waals surface area contributed by atoms with Crippen LogP contribution in [0.2, 0.25) is 5.02 Å². The smallest absolute Gasteiger partial charge is 0.351 e. The fraction of sp³-hybridized carbons (Fsp3) is 0.222. The largest absolute Gasteiger partial charge is 0.485 e. The van der Waals surface area contributed by atoms with Gasteiger partial charge in [-0.1, -0.05) is 29.8 Å². The highest BCUT2D eigenvalue weighted by molar-refractivity contribution is 6.31. The van der Waals surface area contributed by atoms with Crippen molar-refractivity contribution in [1.29, 1.82) is 0 Å². The van der Waals surface area contributed by atoms with Crippen molar-refractivity contribution < 1.29 is 23.8 Å². The lowest BCUT2D eigenvalue weighted by Gasteiger charge is -2.24. The van der Waals surface area contributed by atoms with Gasteiger partial charge in [0.1, 0.15) is 6.61 Å². The van der Waals surface area contributed by atoms with E-state index in [2.05, 4.69) is 5.32 Å². The molecule has 1 atom stereocenters. The molecular weight excluding hydrogens is 346 g/mol. The van der Waals surface area contributed by atoms with Crippen molar-refractivity contribution in [2.75, 3.05) is 18.5 Å². The molecule has 3 rings (SSSR count). The number of fused-ring (bicyclic) bond motifs is 1.